The van der Waals surface area contributed by atoms with Gasteiger partial charge in [0.2, 0.25) is 0 Å². The first-order chi connectivity index (χ1) is 10.3. The maximum Gasteiger partial charge on any atom is 0.347 e. The lowest BCUT2D eigenvalue weighted by molar-refractivity contribution is -0.160. The molecule has 0 aromatic heterocycles. The fraction of sp³-hybridized carbons (Fsp3) is 0.357. The van der Waals surface area contributed by atoms with E-state index in [-0.39, 0.29) is 0 Å². The molecule has 0 spiro atoms. The summed E-state index contributed by atoms with van der Waals surface area (Å²) < 4.78 is 10.3. The SMILES string of the molecule is CNC(=O)NC(=O)C(C)OC(=O)C(C)Oc1cccc(Cl)c1. The molecule has 0 saturated carbocycles. The van der Waals surface area contributed by atoms with Gasteiger partial charge in [-0.25, -0.2) is 9.59 Å². The van der Waals surface area contributed by atoms with Gasteiger partial charge in [0, 0.05) is 12.1 Å². The third kappa shape index (κ3) is 5.61. The van der Waals surface area contributed by atoms with Crippen LogP contribution in [0.3, 0.4) is 0 Å². The Morgan fingerprint density at radius 1 is 1.18 bits per heavy atom. The summed E-state index contributed by atoms with van der Waals surface area (Å²) in [5.74, 6) is -1.07. The molecular weight excluding hydrogens is 312 g/mol. The standard InChI is InChI=1S/C14H17ClN2O5/c1-8(12(18)17-14(20)16-3)22-13(19)9(2)21-11-6-4-5-10(15)7-11/h4-9H,1-3H3,(H2,16,17,18,20). The summed E-state index contributed by atoms with van der Waals surface area (Å²) in [6, 6.07) is 5.85. The van der Waals surface area contributed by atoms with E-state index in [9.17, 15) is 14.4 Å². The molecule has 0 aliphatic heterocycles. The third-order valence-electron chi connectivity index (χ3n) is 2.57. The summed E-state index contributed by atoms with van der Waals surface area (Å²) in [6.45, 7) is 2.83. The highest BCUT2D eigenvalue weighted by molar-refractivity contribution is 6.30. The van der Waals surface area contributed by atoms with Crippen molar-refractivity contribution in [1.29, 1.82) is 0 Å². The van der Waals surface area contributed by atoms with E-state index in [0.717, 1.165) is 0 Å². The highest BCUT2D eigenvalue weighted by atomic mass is 35.5. The van der Waals surface area contributed by atoms with E-state index in [1.165, 1.54) is 20.9 Å². The molecule has 120 valence electrons. The van der Waals surface area contributed by atoms with Crippen molar-refractivity contribution in [2.24, 2.45) is 0 Å². The molecule has 0 fully saturated rings. The first-order valence-corrected chi connectivity index (χ1v) is 6.86. The number of esters is 1. The second-order valence-corrected chi connectivity index (χ2v) is 4.80. The molecule has 0 radical (unpaired) electrons. The zero-order chi connectivity index (χ0) is 16.7. The fourth-order valence-electron chi connectivity index (χ4n) is 1.39. The van der Waals surface area contributed by atoms with Gasteiger partial charge >= 0.3 is 12.0 Å². The molecule has 7 nitrogen and oxygen atoms in total. The van der Waals surface area contributed by atoms with Gasteiger partial charge in [0.1, 0.15) is 5.75 Å². The first-order valence-electron chi connectivity index (χ1n) is 6.48. The molecule has 3 amide bonds. The van der Waals surface area contributed by atoms with Crippen molar-refractivity contribution in [1.82, 2.24) is 10.6 Å². The molecule has 0 aliphatic carbocycles. The smallest absolute Gasteiger partial charge is 0.347 e. The number of carbonyl (C=O) groups is 3. The summed E-state index contributed by atoms with van der Waals surface area (Å²) in [5, 5.41) is 4.69. The van der Waals surface area contributed by atoms with Crippen molar-refractivity contribution >= 4 is 29.5 Å². The Balaban J connectivity index is 2.53. The van der Waals surface area contributed by atoms with Crippen molar-refractivity contribution in [2.75, 3.05) is 7.05 Å². The molecule has 0 heterocycles. The normalized spacial score (nSPS) is 12.7. The van der Waals surface area contributed by atoms with Crippen molar-refractivity contribution in [3.63, 3.8) is 0 Å². The van der Waals surface area contributed by atoms with Crippen LogP contribution in [0.1, 0.15) is 13.8 Å². The Morgan fingerprint density at radius 3 is 2.45 bits per heavy atom. The third-order valence-corrected chi connectivity index (χ3v) is 2.80. The first kappa shape index (κ1) is 17.8. The molecule has 1 aromatic carbocycles. The second kappa shape index (κ2) is 8.23. The van der Waals surface area contributed by atoms with Crippen molar-refractivity contribution < 1.29 is 23.9 Å². The highest BCUT2D eigenvalue weighted by Crippen LogP contribution is 2.18. The number of imide groups is 1. The van der Waals surface area contributed by atoms with Crippen LogP contribution in [0.2, 0.25) is 5.02 Å². The fourth-order valence-corrected chi connectivity index (χ4v) is 1.57. The molecule has 2 unspecified atom stereocenters. The van der Waals surface area contributed by atoms with E-state index >= 15 is 0 Å². The zero-order valence-corrected chi connectivity index (χ0v) is 13.1. The highest BCUT2D eigenvalue weighted by Gasteiger charge is 2.24. The number of carbonyl (C=O) groups excluding carboxylic acids is 3. The quantitative estimate of drug-likeness (QED) is 0.799. The Kier molecular flexibility index (Phi) is 6.65. The van der Waals surface area contributed by atoms with E-state index in [1.807, 2.05) is 5.32 Å². The summed E-state index contributed by atoms with van der Waals surface area (Å²) in [5.41, 5.74) is 0. The van der Waals surface area contributed by atoms with E-state index in [0.29, 0.717) is 10.8 Å². The number of rotatable bonds is 5. The van der Waals surface area contributed by atoms with Crippen LogP contribution in [0, 0.1) is 0 Å². The summed E-state index contributed by atoms with van der Waals surface area (Å²) in [4.78, 5) is 34.4. The average Bonchev–Trinajstić information content (AvgIpc) is 2.46. The van der Waals surface area contributed by atoms with Crippen LogP contribution in [0.4, 0.5) is 4.79 Å². The maximum absolute atomic E-state index is 11.8. The Morgan fingerprint density at radius 2 is 1.86 bits per heavy atom. The lowest BCUT2D eigenvalue weighted by Crippen LogP contribution is -2.44. The van der Waals surface area contributed by atoms with Crippen molar-refractivity contribution in [2.45, 2.75) is 26.1 Å². The van der Waals surface area contributed by atoms with Gasteiger partial charge in [-0.15, -0.1) is 0 Å². The van der Waals surface area contributed by atoms with Crippen LogP contribution in [-0.4, -0.2) is 37.2 Å². The number of urea groups is 1. The number of benzene rings is 1. The van der Waals surface area contributed by atoms with Crippen LogP contribution in [0.15, 0.2) is 24.3 Å². The number of halogens is 1. The molecule has 0 aliphatic rings. The minimum Gasteiger partial charge on any atom is -0.479 e. The van der Waals surface area contributed by atoms with Gasteiger partial charge in [-0.3, -0.25) is 10.1 Å². The van der Waals surface area contributed by atoms with E-state index in [2.05, 4.69) is 5.32 Å². The number of ether oxygens (including phenoxy) is 2. The lowest BCUT2D eigenvalue weighted by atomic mass is 10.3. The molecule has 1 rings (SSSR count). The van der Waals surface area contributed by atoms with Gasteiger partial charge in [0.15, 0.2) is 12.2 Å². The molecular formula is C14H17ClN2O5. The van der Waals surface area contributed by atoms with E-state index < -0.39 is 30.1 Å². The molecule has 0 bridgehead atoms. The summed E-state index contributed by atoms with van der Waals surface area (Å²) >= 11 is 5.81. The average molecular weight is 329 g/mol. The zero-order valence-electron chi connectivity index (χ0n) is 12.4. The molecule has 2 atom stereocenters. The van der Waals surface area contributed by atoms with Crippen molar-refractivity contribution in [3.05, 3.63) is 29.3 Å². The minimum atomic E-state index is -1.13. The van der Waals surface area contributed by atoms with Gasteiger partial charge in [0.05, 0.1) is 0 Å². The van der Waals surface area contributed by atoms with Gasteiger partial charge in [-0.1, -0.05) is 17.7 Å². The largest absolute Gasteiger partial charge is 0.479 e. The van der Waals surface area contributed by atoms with Crippen LogP contribution < -0.4 is 15.4 Å². The number of hydrogen-bond acceptors (Lipinski definition) is 5. The Hall–Kier alpha value is -2.28. The minimum absolute atomic E-state index is 0.402. The van der Waals surface area contributed by atoms with Crippen LogP contribution in [-0.2, 0) is 14.3 Å². The molecule has 1 aromatic rings. The maximum atomic E-state index is 11.8. The van der Waals surface area contributed by atoms with Gasteiger partial charge in [-0.2, -0.15) is 0 Å². The van der Waals surface area contributed by atoms with Crippen LogP contribution in [0.5, 0.6) is 5.75 Å². The van der Waals surface area contributed by atoms with Gasteiger partial charge < -0.3 is 14.8 Å². The number of hydrogen-bond donors (Lipinski definition) is 2. The Bertz CT molecular complexity index is 564. The predicted molar refractivity (Wildman–Crippen MR) is 79.7 cm³/mol. The van der Waals surface area contributed by atoms with E-state index in [1.54, 1.807) is 24.3 Å². The molecule has 8 heteroatoms. The van der Waals surface area contributed by atoms with Crippen LogP contribution >= 0.6 is 11.6 Å². The molecule has 0 saturated heterocycles. The summed E-state index contributed by atoms with van der Waals surface area (Å²) in [6.07, 6.45) is -2.07. The summed E-state index contributed by atoms with van der Waals surface area (Å²) in [7, 11) is 1.36. The van der Waals surface area contributed by atoms with Gasteiger partial charge in [0.25, 0.3) is 5.91 Å². The lowest BCUT2D eigenvalue weighted by Gasteiger charge is -2.17. The second-order valence-electron chi connectivity index (χ2n) is 4.36. The Labute approximate surface area is 132 Å². The van der Waals surface area contributed by atoms with Crippen molar-refractivity contribution in [3.8, 4) is 5.75 Å². The number of nitrogens with one attached hydrogen (secondary N) is 2. The molecule has 22 heavy (non-hydrogen) atoms. The number of amides is 3. The van der Waals surface area contributed by atoms with Gasteiger partial charge in [-0.05, 0) is 32.0 Å². The van der Waals surface area contributed by atoms with Crippen LogP contribution in [0.25, 0.3) is 0 Å². The predicted octanol–water partition coefficient (Wildman–Crippen LogP) is 1.49. The van der Waals surface area contributed by atoms with E-state index in [4.69, 9.17) is 21.1 Å². The monoisotopic (exact) mass is 328 g/mol. The molecule has 2 N–H and O–H groups in total. The topological polar surface area (TPSA) is 93.7 Å².